The van der Waals surface area contributed by atoms with Crippen molar-refractivity contribution in [3.8, 4) is 0 Å². The highest BCUT2D eigenvalue weighted by molar-refractivity contribution is 7.18. The van der Waals surface area contributed by atoms with Gasteiger partial charge in [0, 0.05) is 0 Å². The standard InChI is InChI=1S/C17H19ClN4O7S/c1-5-6-29-16(24)11-8(2)13(17(25)28-4)30-15(11)19-10(23)7-21-9(3)12(18)14(20-21)22(26)27/h5-7H2,1-4H3,(H,19,23). The molecule has 30 heavy (non-hydrogen) atoms. The van der Waals surface area contributed by atoms with Gasteiger partial charge >= 0.3 is 17.8 Å². The number of hydrogen-bond donors (Lipinski definition) is 1. The lowest BCUT2D eigenvalue weighted by Gasteiger charge is -2.07. The van der Waals surface area contributed by atoms with E-state index in [1.807, 2.05) is 6.92 Å². The fraction of sp³-hybridized carbons (Fsp3) is 0.412. The summed E-state index contributed by atoms with van der Waals surface area (Å²) >= 11 is 6.74. The SMILES string of the molecule is CCCOC(=O)c1c(NC(=O)Cn2nc([N+](=O)[O-])c(Cl)c2C)sc(C(=O)OC)c1C. The van der Waals surface area contributed by atoms with Crippen LogP contribution in [0.3, 0.4) is 0 Å². The minimum Gasteiger partial charge on any atom is -0.465 e. The number of nitro groups is 1. The first-order valence-electron chi connectivity index (χ1n) is 8.68. The van der Waals surface area contributed by atoms with E-state index >= 15 is 0 Å². The topological polar surface area (TPSA) is 143 Å². The van der Waals surface area contributed by atoms with Crippen molar-refractivity contribution in [2.75, 3.05) is 19.0 Å². The molecule has 0 aliphatic carbocycles. The monoisotopic (exact) mass is 458 g/mol. The van der Waals surface area contributed by atoms with Crippen LogP contribution in [0.5, 0.6) is 0 Å². The van der Waals surface area contributed by atoms with Crippen molar-refractivity contribution in [3.63, 3.8) is 0 Å². The number of carbonyl (C=O) groups is 3. The highest BCUT2D eigenvalue weighted by Crippen LogP contribution is 2.34. The van der Waals surface area contributed by atoms with Crippen LogP contribution in [-0.2, 0) is 20.8 Å². The average molecular weight is 459 g/mol. The molecule has 0 aromatic carbocycles. The Morgan fingerprint density at radius 3 is 2.50 bits per heavy atom. The molecule has 0 radical (unpaired) electrons. The number of aromatic nitrogens is 2. The molecule has 0 unspecified atom stereocenters. The molecule has 1 amide bonds. The van der Waals surface area contributed by atoms with Gasteiger partial charge in [0.1, 0.15) is 16.4 Å². The molecule has 2 heterocycles. The fourth-order valence-electron chi connectivity index (χ4n) is 2.48. The lowest BCUT2D eigenvalue weighted by Crippen LogP contribution is -2.21. The molecule has 0 saturated heterocycles. The summed E-state index contributed by atoms with van der Waals surface area (Å²) in [6.07, 6.45) is 0.596. The van der Waals surface area contributed by atoms with Crippen LogP contribution >= 0.6 is 22.9 Å². The van der Waals surface area contributed by atoms with E-state index in [0.717, 1.165) is 16.0 Å². The molecular weight excluding hydrogens is 440 g/mol. The van der Waals surface area contributed by atoms with Crippen LogP contribution in [0.1, 0.15) is 44.6 Å². The number of hydrogen-bond acceptors (Lipinski definition) is 9. The van der Waals surface area contributed by atoms with E-state index in [2.05, 4.69) is 10.4 Å². The van der Waals surface area contributed by atoms with Crippen molar-refractivity contribution >= 4 is 51.6 Å². The van der Waals surface area contributed by atoms with Crippen LogP contribution in [0.2, 0.25) is 5.02 Å². The van der Waals surface area contributed by atoms with Crippen LogP contribution in [0.15, 0.2) is 0 Å². The molecule has 0 bridgehead atoms. The molecule has 2 aromatic rings. The maximum atomic E-state index is 12.5. The largest absolute Gasteiger partial charge is 0.465 e. The molecular formula is C17H19ClN4O7S. The van der Waals surface area contributed by atoms with Gasteiger partial charge < -0.3 is 24.9 Å². The van der Waals surface area contributed by atoms with Crippen LogP contribution < -0.4 is 5.32 Å². The van der Waals surface area contributed by atoms with Crippen molar-refractivity contribution in [2.45, 2.75) is 33.7 Å². The molecule has 0 saturated carbocycles. The molecule has 0 atom stereocenters. The summed E-state index contributed by atoms with van der Waals surface area (Å²) in [5, 5.41) is 17.1. The number of rotatable bonds is 8. The number of anilines is 1. The number of esters is 2. The van der Waals surface area contributed by atoms with Gasteiger partial charge in [-0.2, -0.15) is 4.68 Å². The Morgan fingerprint density at radius 2 is 1.97 bits per heavy atom. The Kier molecular flexibility index (Phi) is 7.51. The number of methoxy groups -OCH3 is 1. The Balaban J connectivity index is 2.33. The van der Waals surface area contributed by atoms with Gasteiger partial charge in [-0.3, -0.25) is 4.79 Å². The van der Waals surface area contributed by atoms with Gasteiger partial charge in [0.25, 0.3) is 0 Å². The second-order valence-corrected chi connectivity index (χ2v) is 7.47. The van der Waals surface area contributed by atoms with Crippen LogP contribution in [-0.4, -0.2) is 46.3 Å². The summed E-state index contributed by atoms with van der Waals surface area (Å²) in [5.41, 5.74) is 0.597. The quantitative estimate of drug-likeness (QED) is 0.361. The van der Waals surface area contributed by atoms with E-state index in [1.54, 1.807) is 6.92 Å². The third kappa shape index (κ3) is 4.76. The van der Waals surface area contributed by atoms with Gasteiger partial charge in [0.2, 0.25) is 5.91 Å². The minimum absolute atomic E-state index is 0.0448. The van der Waals surface area contributed by atoms with E-state index in [0.29, 0.717) is 12.0 Å². The Labute approximate surface area is 180 Å². The number of nitrogens with zero attached hydrogens (tertiary/aromatic N) is 3. The van der Waals surface area contributed by atoms with Gasteiger partial charge in [-0.05, 0) is 30.8 Å². The molecule has 1 N–H and O–H groups in total. The number of amides is 1. The van der Waals surface area contributed by atoms with Gasteiger partial charge in [-0.25, -0.2) is 9.59 Å². The number of ether oxygens (including phenoxy) is 2. The Hall–Kier alpha value is -2.99. The summed E-state index contributed by atoms with van der Waals surface area (Å²) in [5.74, 6) is -2.54. The normalized spacial score (nSPS) is 10.6. The number of carbonyl (C=O) groups excluding carboxylic acids is 3. The lowest BCUT2D eigenvalue weighted by atomic mass is 10.1. The highest BCUT2D eigenvalue weighted by atomic mass is 35.5. The summed E-state index contributed by atoms with van der Waals surface area (Å²) in [4.78, 5) is 47.3. The third-order valence-electron chi connectivity index (χ3n) is 3.99. The number of thiophene rings is 1. The number of nitrogens with one attached hydrogen (secondary N) is 1. The first-order valence-corrected chi connectivity index (χ1v) is 9.87. The molecule has 162 valence electrons. The maximum Gasteiger partial charge on any atom is 0.408 e. The molecule has 0 fully saturated rings. The molecule has 0 aliphatic heterocycles. The van der Waals surface area contributed by atoms with Crippen molar-refractivity contribution < 1.29 is 28.8 Å². The molecule has 2 aromatic heterocycles. The molecule has 2 rings (SSSR count). The third-order valence-corrected chi connectivity index (χ3v) is 5.62. The second kappa shape index (κ2) is 9.67. The second-order valence-electron chi connectivity index (χ2n) is 6.07. The molecule has 11 nitrogen and oxygen atoms in total. The zero-order valence-electron chi connectivity index (χ0n) is 16.6. The van der Waals surface area contributed by atoms with Gasteiger partial charge in [-0.1, -0.05) is 18.5 Å². The zero-order valence-corrected chi connectivity index (χ0v) is 18.2. The smallest absolute Gasteiger partial charge is 0.408 e. The maximum absolute atomic E-state index is 12.5. The van der Waals surface area contributed by atoms with Gasteiger partial charge in [0.05, 0.1) is 30.1 Å². The first-order chi connectivity index (χ1) is 14.1. The molecule has 13 heteroatoms. The van der Waals surface area contributed by atoms with Crippen molar-refractivity contribution in [1.29, 1.82) is 0 Å². The van der Waals surface area contributed by atoms with Crippen molar-refractivity contribution in [1.82, 2.24) is 9.78 Å². The van der Waals surface area contributed by atoms with Crippen LogP contribution in [0.4, 0.5) is 10.8 Å². The van der Waals surface area contributed by atoms with E-state index in [9.17, 15) is 24.5 Å². The Morgan fingerprint density at radius 1 is 1.30 bits per heavy atom. The van der Waals surface area contributed by atoms with E-state index in [1.165, 1.54) is 14.0 Å². The molecule has 0 spiro atoms. The molecule has 0 aliphatic rings. The number of halogens is 1. The van der Waals surface area contributed by atoms with E-state index in [4.69, 9.17) is 21.1 Å². The summed E-state index contributed by atoms with van der Waals surface area (Å²) in [7, 11) is 1.20. The average Bonchev–Trinajstić information content (AvgIpc) is 3.16. The zero-order chi connectivity index (χ0) is 22.6. The van der Waals surface area contributed by atoms with Crippen LogP contribution in [0, 0.1) is 24.0 Å². The summed E-state index contributed by atoms with van der Waals surface area (Å²) in [6, 6.07) is 0. The predicted molar refractivity (Wildman–Crippen MR) is 108 cm³/mol. The van der Waals surface area contributed by atoms with E-state index < -0.39 is 35.1 Å². The first kappa shape index (κ1) is 23.3. The van der Waals surface area contributed by atoms with Crippen LogP contribution in [0.25, 0.3) is 0 Å². The van der Waals surface area contributed by atoms with Gasteiger partial charge in [0.15, 0.2) is 5.02 Å². The summed E-state index contributed by atoms with van der Waals surface area (Å²) < 4.78 is 10.9. The predicted octanol–water partition coefficient (Wildman–Crippen LogP) is 3.12. The lowest BCUT2D eigenvalue weighted by molar-refractivity contribution is -0.389. The summed E-state index contributed by atoms with van der Waals surface area (Å²) in [6.45, 7) is 4.62. The van der Waals surface area contributed by atoms with Crippen molar-refractivity contribution in [2.24, 2.45) is 0 Å². The Bertz CT molecular complexity index is 1010. The fourth-order valence-corrected chi connectivity index (χ4v) is 3.82. The highest BCUT2D eigenvalue weighted by Gasteiger charge is 2.29. The van der Waals surface area contributed by atoms with Gasteiger partial charge in [-0.15, -0.1) is 11.3 Å². The van der Waals surface area contributed by atoms with E-state index in [-0.39, 0.29) is 32.8 Å². The minimum atomic E-state index is -0.753. The van der Waals surface area contributed by atoms with Crippen molar-refractivity contribution in [3.05, 3.63) is 36.8 Å².